The molecule has 2 N–H and O–H groups in total. The molecule has 5 rings (SSSR count). The molecular formula is C25H19Cl2N5OS. The highest BCUT2D eigenvalue weighted by Crippen LogP contribution is 2.32. The summed E-state index contributed by atoms with van der Waals surface area (Å²) in [7, 11) is 0. The predicted molar refractivity (Wildman–Crippen MR) is 138 cm³/mol. The van der Waals surface area contributed by atoms with Crippen LogP contribution < -0.4 is 5.32 Å². The first kappa shape index (κ1) is 22.5. The van der Waals surface area contributed by atoms with Crippen LogP contribution in [0.5, 0.6) is 0 Å². The van der Waals surface area contributed by atoms with Gasteiger partial charge in [0, 0.05) is 44.9 Å². The molecule has 34 heavy (non-hydrogen) atoms. The molecule has 170 valence electrons. The number of nitrogens with one attached hydrogen (secondary N) is 2. The van der Waals surface area contributed by atoms with Gasteiger partial charge in [0.1, 0.15) is 0 Å². The third-order valence-electron chi connectivity index (χ3n) is 5.31. The molecule has 2 heterocycles. The molecule has 3 aromatic carbocycles. The fourth-order valence-electron chi connectivity index (χ4n) is 3.63. The van der Waals surface area contributed by atoms with E-state index in [0.717, 1.165) is 27.7 Å². The summed E-state index contributed by atoms with van der Waals surface area (Å²) in [6.07, 6.45) is 1.92. The maximum absolute atomic E-state index is 12.5. The number of amides is 1. The van der Waals surface area contributed by atoms with Crippen molar-refractivity contribution in [3.63, 3.8) is 0 Å². The molecule has 6 nitrogen and oxygen atoms in total. The second kappa shape index (κ2) is 9.93. The zero-order valence-electron chi connectivity index (χ0n) is 17.8. The number of carbonyl (C=O) groups is 1. The Morgan fingerprint density at radius 1 is 0.971 bits per heavy atom. The van der Waals surface area contributed by atoms with E-state index in [1.54, 1.807) is 6.07 Å². The number of para-hydroxylation sites is 1. The number of hydrogen-bond donors (Lipinski definition) is 2. The number of halogens is 2. The lowest BCUT2D eigenvalue weighted by Crippen LogP contribution is -2.24. The lowest BCUT2D eigenvalue weighted by atomic mass is 10.1. The van der Waals surface area contributed by atoms with E-state index in [9.17, 15) is 4.79 Å². The zero-order valence-corrected chi connectivity index (χ0v) is 20.2. The van der Waals surface area contributed by atoms with Gasteiger partial charge < -0.3 is 10.3 Å². The summed E-state index contributed by atoms with van der Waals surface area (Å²) in [5.41, 5.74) is 3.66. The van der Waals surface area contributed by atoms with Gasteiger partial charge in [-0.15, -0.1) is 10.2 Å². The average Bonchev–Trinajstić information content (AvgIpc) is 3.47. The SMILES string of the molecule is O=C(CSc1nnc(-c2c[nH]c3ccccc23)n1-c1ccc(Cl)cc1)NCc1ccccc1Cl. The van der Waals surface area contributed by atoms with Crippen LogP contribution in [-0.2, 0) is 11.3 Å². The molecule has 1 amide bonds. The van der Waals surface area contributed by atoms with Crippen molar-refractivity contribution in [3.8, 4) is 17.1 Å². The van der Waals surface area contributed by atoms with Gasteiger partial charge in [-0.25, -0.2) is 0 Å². The molecule has 0 unspecified atom stereocenters. The summed E-state index contributed by atoms with van der Waals surface area (Å²) in [5.74, 6) is 0.743. The third kappa shape index (κ3) is 4.68. The summed E-state index contributed by atoms with van der Waals surface area (Å²) in [6.45, 7) is 0.365. The van der Waals surface area contributed by atoms with Crippen molar-refractivity contribution in [2.75, 3.05) is 5.75 Å². The number of aromatic nitrogens is 4. The van der Waals surface area contributed by atoms with Crippen molar-refractivity contribution in [1.29, 1.82) is 0 Å². The third-order valence-corrected chi connectivity index (χ3v) is 6.86. The number of carbonyl (C=O) groups excluding carboxylic acids is 1. The van der Waals surface area contributed by atoms with E-state index in [0.29, 0.717) is 27.6 Å². The van der Waals surface area contributed by atoms with Crippen molar-refractivity contribution in [2.24, 2.45) is 0 Å². The van der Waals surface area contributed by atoms with Crippen LogP contribution in [0.1, 0.15) is 5.56 Å². The normalized spacial score (nSPS) is 11.1. The summed E-state index contributed by atoms with van der Waals surface area (Å²) in [6, 6.07) is 22.9. The van der Waals surface area contributed by atoms with Gasteiger partial charge in [0.05, 0.1) is 5.75 Å². The van der Waals surface area contributed by atoms with Gasteiger partial charge in [-0.3, -0.25) is 9.36 Å². The second-order valence-corrected chi connectivity index (χ2v) is 9.31. The van der Waals surface area contributed by atoms with Gasteiger partial charge >= 0.3 is 0 Å². The predicted octanol–water partition coefficient (Wildman–Crippen LogP) is 6.13. The zero-order chi connectivity index (χ0) is 23.5. The van der Waals surface area contributed by atoms with Crippen molar-refractivity contribution in [3.05, 3.63) is 94.6 Å². The van der Waals surface area contributed by atoms with E-state index in [4.69, 9.17) is 23.2 Å². The lowest BCUT2D eigenvalue weighted by Gasteiger charge is -2.11. The molecule has 0 saturated carbocycles. The Bertz CT molecular complexity index is 1460. The van der Waals surface area contributed by atoms with Crippen molar-refractivity contribution >= 4 is 51.8 Å². The number of benzene rings is 3. The highest BCUT2D eigenvalue weighted by molar-refractivity contribution is 7.99. The van der Waals surface area contributed by atoms with Crippen LogP contribution in [0.4, 0.5) is 0 Å². The maximum atomic E-state index is 12.5. The van der Waals surface area contributed by atoms with E-state index in [1.165, 1.54) is 11.8 Å². The summed E-state index contributed by atoms with van der Waals surface area (Å²) in [4.78, 5) is 15.8. The van der Waals surface area contributed by atoms with E-state index in [-0.39, 0.29) is 11.7 Å². The molecule has 0 bridgehead atoms. The highest BCUT2D eigenvalue weighted by atomic mass is 35.5. The largest absolute Gasteiger partial charge is 0.360 e. The standard InChI is InChI=1S/C25H19Cl2N5OS/c26-17-9-11-18(12-10-17)32-24(20-14-28-22-8-4-2-6-19(20)22)30-31-25(32)34-15-23(33)29-13-16-5-1-3-7-21(16)27/h1-12,14,28H,13,15H2,(H,29,33). The lowest BCUT2D eigenvalue weighted by molar-refractivity contribution is -0.118. The summed E-state index contributed by atoms with van der Waals surface area (Å²) < 4.78 is 1.94. The number of nitrogens with zero attached hydrogens (tertiary/aromatic N) is 3. The number of thioether (sulfide) groups is 1. The Kier molecular flexibility index (Phi) is 6.58. The fraction of sp³-hybridized carbons (Fsp3) is 0.0800. The first-order valence-electron chi connectivity index (χ1n) is 10.5. The molecule has 0 atom stereocenters. The topological polar surface area (TPSA) is 75.6 Å². The van der Waals surface area contributed by atoms with E-state index >= 15 is 0 Å². The molecule has 9 heteroatoms. The van der Waals surface area contributed by atoms with E-state index in [1.807, 2.05) is 77.5 Å². The minimum Gasteiger partial charge on any atom is -0.360 e. The number of rotatable bonds is 7. The number of aromatic amines is 1. The van der Waals surface area contributed by atoms with Gasteiger partial charge in [0.15, 0.2) is 11.0 Å². The summed E-state index contributed by atoms with van der Waals surface area (Å²) >= 11 is 13.6. The number of H-pyrrole nitrogens is 1. The molecular weight excluding hydrogens is 489 g/mol. The van der Waals surface area contributed by atoms with Gasteiger partial charge in [0.25, 0.3) is 0 Å². The Morgan fingerprint density at radius 3 is 2.56 bits per heavy atom. The van der Waals surface area contributed by atoms with Crippen molar-refractivity contribution < 1.29 is 4.79 Å². The van der Waals surface area contributed by atoms with Gasteiger partial charge in [-0.05, 0) is 42.0 Å². The number of fused-ring (bicyclic) bond motifs is 1. The second-order valence-electron chi connectivity index (χ2n) is 7.52. The monoisotopic (exact) mass is 507 g/mol. The van der Waals surface area contributed by atoms with Crippen LogP contribution in [0.2, 0.25) is 10.0 Å². The van der Waals surface area contributed by atoms with Crippen LogP contribution in [-0.4, -0.2) is 31.4 Å². The Balaban J connectivity index is 1.41. The molecule has 0 radical (unpaired) electrons. The first-order chi connectivity index (χ1) is 16.6. The quantitative estimate of drug-likeness (QED) is 0.259. The van der Waals surface area contributed by atoms with Crippen LogP contribution in [0.3, 0.4) is 0 Å². The molecule has 0 aliphatic rings. The molecule has 0 spiro atoms. The summed E-state index contributed by atoms with van der Waals surface area (Å²) in [5, 5.41) is 14.7. The van der Waals surface area contributed by atoms with Crippen molar-refractivity contribution in [1.82, 2.24) is 25.1 Å². The van der Waals surface area contributed by atoms with E-state index in [2.05, 4.69) is 20.5 Å². The van der Waals surface area contributed by atoms with Crippen LogP contribution >= 0.6 is 35.0 Å². The van der Waals surface area contributed by atoms with Crippen LogP contribution in [0.25, 0.3) is 28.0 Å². The first-order valence-corrected chi connectivity index (χ1v) is 12.2. The van der Waals surface area contributed by atoms with E-state index < -0.39 is 0 Å². The van der Waals surface area contributed by atoms with Crippen LogP contribution in [0.15, 0.2) is 84.1 Å². The fourth-order valence-corrected chi connectivity index (χ4v) is 4.74. The maximum Gasteiger partial charge on any atom is 0.230 e. The Labute approximate surface area is 210 Å². The van der Waals surface area contributed by atoms with Crippen molar-refractivity contribution in [2.45, 2.75) is 11.7 Å². The molecule has 5 aromatic rings. The smallest absolute Gasteiger partial charge is 0.230 e. The highest BCUT2D eigenvalue weighted by Gasteiger charge is 2.19. The van der Waals surface area contributed by atoms with Gasteiger partial charge in [-0.2, -0.15) is 0 Å². The Hall–Kier alpha value is -3.26. The number of hydrogen-bond acceptors (Lipinski definition) is 4. The molecule has 0 saturated heterocycles. The van der Waals surface area contributed by atoms with Gasteiger partial charge in [-0.1, -0.05) is 71.4 Å². The molecule has 2 aromatic heterocycles. The minimum atomic E-state index is -0.121. The minimum absolute atomic E-state index is 0.121. The average molecular weight is 508 g/mol. The van der Waals surface area contributed by atoms with Gasteiger partial charge in [0.2, 0.25) is 5.91 Å². The molecule has 0 aliphatic heterocycles. The molecule has 0 aliphatic carbocycles. The van der Waals surface area contributed by atoms with Crippen LogP contribution in [0, 0.1) is 0 Å². The molecule has 0 fully saturated rings. The Morgan fingerprint density at radius 2 is 1.74 bits per heavy atom.